The van der Waals surface area contributed by atoms with Gasteiger partial charge in [0.2, 0.25) is 5.91 Å². The molecule has 0 spiro atoms. The Kier molecular flexibility index (Phi) is 6.47. The molecule has 0 aliphatic carbocycles. The van der Waals surface area contributed by atoms with Crippen molar-refractivity contribution in [1.29, 1.82) is 0 Å². The Bertz CT molecular complexity index is 814. The molecule has 2 saturated heterocycles. The van der Waals surface area contributed by atoms with Crippen LogP contribution in [0.15, 0.2) is 10.5 Å². The number of hydrogen-bond acceptors (Lipinski definition) is 10. The van der Waals surface area contributed by atoms with E-state index >= 15 is 0 Å². The monoisotopic (exact) mass is 421 g/mol. The second-order valence-electron chi connectivity index (χ2n) is 6.22. The number of carboxylic acid groups (broad SMARTS) is 1. The number of thiazole rings is 1. The summed E-state index contributed by atoms with van der Waals surface area (Å²) in [6, 6.07) is -1.92. The van der Waals surface area contributed by atoms with E-state index in [4.69, 9.17) is 5.73 Å². The summed E-state index contributed by atoms with van der Waals surface area (Å²) in [4.78, 5) is 46.3. The fourth-order valence-corrected chi connectivity index (χ4v) is 5.20. The molecule has 0 bridgehead atoms. The van der Waals surface area contributed by atoms with Crippen LogP contribution in [0.25, 0.3) is 0 Å². The summed E-state index contributed by atoms with van der Waals surface area (Å²) < 4.78 is -0.731. The van der Waals surface area contributed by atoms with Crippen LogP contribution < -0.4 is 45.7 Å². The first kappa shape index (κ1) is 22.0. The predicted octanol–water partition coefficient (Wildman–Crippen LogP) is -4.62. The van der Waals surface area contributed by atoms with Gasteiger partial charge in [0.1, 0.15) is 24.2 Å². The number of anilines is 1. The van der Waals surface area contributed by atoms with Gasteiger partial charge in [-0.3, -0.25) is 9.59 Å². The number of oxime groups is 1. The zero-order valence-corrected chi connectivity index (χ0v) is 18.7. The van der Waals surface area contributed by atoms with Crippen LogP contribution in [0.3, 0.4) is 0 Å². The zero-order chi connectivity index (χ0) is 19.2. The van der Waals surface area contributed by atoms with Gasteiger partial charge in [-0.1, -0.05) is 5.16 Å². The molecule has 0 unspecified atom stereocenters. The van der Waals surface area contributed by atoms with E-state index in [-0.39, 0.29) is 46.1 Å². The van der Waals surface area contributed by atoms with Crippen molar-refractivity contribution in [3.8, 4) is 0 Å². The molecule has 2 fully saturated rings. The number of nitrogens with zero attached hydrogens (tertiary/aromatic N) is 3. The Morgan fingerprint density at radius 1 is 1.48 bits per heavy atom. The SMILES string of the molecule is CO/N=C(\C(=O)N[C@@H]1C(=O)N2[C@@H]1SC(C)(C)[C@@H]2C(=O)[O-])c1csc(N)n1.[Na+]. The number of carbonyl (C=O) groups is 3. The van der Waals surface area contributed by atoms with Crippen molar-refractivity contribution < 1.29 is 53.9 Å². The van der Waals surface area contributed by atoms with Crippen LogP contribution in [0.4, 0.5) is 5.13 Å². The Labute approximate surface area is 185 Å². The third kappa shape index (κ3) is 3.81. The number of carboxylic acids is 1. The van der Waals surface area contributed by atoms with Crippen molar-refractivity contribution in [2.75, 3.05) is 12.8 Å². The smallest absolute Gasteiger partial charge is 0.548 e. The molecular formula is C14H16N5NaO5S2. The van der Waals surface area contributed by atoms with Gasteiger partial charge < -0.3 is 30.7 Å². The molecule has 27 heavy (non-hydrogen) atoms. The van der Waals surface area contributed by atoms with Crippen molar-refractivity contribution in [3.63, 3.8) is 0 Å². The molecule has 2 amide bonds. The number of amides is 2. The standard InChI is InChI=1S/C14H17N5O5S2.Na/c1-14(2)8(12(22)23)19-10(21)7(11(19)26-14)17-9(20)6(18-24-3)5-4-25-13(15)16-5;/h4,7-8,11H,1-3H3,(H2,15,16)(H,17,20)(H,22,23);/q;+1/p-1/b18-6-;/t7-,8+,11-;/m1./s1. The van der Waals surface area contributed by atoms with E-state index in [1.54, 1.807) is 19.2 Å². The number of carbonyl (C=O) groups excluding carboxylic acids is 3. The molecule has 1 aromatic rings. The van der Waals surface area contributed by atoms with Crippen LogP contribution in [0.1, 0.15) is 19.5 Å². The minimum absolute atomic E-state index is 0. The summed E-state index contributed by atoms with van der Waals surface area (Å²) in [7, 11) is 1.28. The molecule has 0 radical (unpaired) electrons. The summed E-state index contributed by atoms with van der Waals surface area (Å²) in [5.74, 6) is -2.46. The number of nitrogen functional groups attached to an aromatic ring is 1. The van der Waals surface area contributed by atoms with Gasteiger partial charge >= 0.3 is 29.6 Å². The second kappa shape index (κ2) is 7.95. The second-order valence-corrected chi connectivity index (χ2v) is 8.88. The van der Waals surface area contributed by atoms with Crippen molar-refractivity contribution in [2.45, 2.75) is 36.1 Å². The number of β-lactam (4-membered cyclic amide) rings is 1. The maximum atomic E-state index is 12.6. The van der Waals surface area contributed by atoms with Gasteiger partial charge in [-0.25, -0.2) is 4.98 Å². The maximum Gasteiger partial charge on any atom is 1.00 e. The molecule has 2 aliphatic heterocycles. The van der Waals surface area contributed by atoms with Gasteiger partial charge in [0, 0.05) is 10.1 Å². The van der Waals surface area contributed by atoms with Crippen molar-refractivity contribution in [1.82, 2.24) is 15.2 Å². The first-order valence-corrected chi connectivity index (χ1v) is 9.27. The molecule has 13 heteroatoms. The maximum absolute atomic E-state index is 12.6. The van der Waals surface area contributed by atoms with E-state index in [0.29, 0.717) is 0 Å². The average Bonchev–Trinajstić information content (AvgIpc) is 3.09. The topological polar surface area (TPSA) is 150 Å². The van der Waals surface area contributed by atoms with Crippen LogP contribution in [-0.2, 0) is 19.2 Å². The van der Waals surface area contributed by atoms with E-state index < -0.39 is 40.0 Å². The molecule has 1 aromatic heterocycles. The number of thioether (sulfide) groups is 1. The van der Waals surface area contributed by atoms with Crippen molar-refractivity contribution in [3.05, 3.63) is 11.1 Å². The van der Waals surface area contributed by atoms with Gasteiger partial charge in [0.15, 0.2) is 10.8 Å². The van der Waals surface area contributed by atoms with E-state index in [0.717, 1.165) is 11.3 Å². The molecule has 3 atom stereocenters. The number of rotatable bonds is 5. The van der Waals surface area contributed by atoms with Crippen molar-refractivity contribution in [2.24, 2.45) is 5.16 Å². The molecule has 3 N–H and O–H groups in total. The number of fused-ring (bicyclic) bond motifs is 1. The fourth-order valence-electron chi connectivity index (χ4n) is 3.03. The number of aromatic nitrogens is 1. The largest absolute Gasteiger partial charge is 1.00 e. The Balaban J connectivity index is 0.00000261. The van der Waals surface area contributed by atoms with Gasteiger partial charge in [0.05, 0.1) is 12.0 Å². The first-order valence-electron chi connectivity index (χ1n) is 7.51. The Morgan fingerprint density at radius 2 is 2.15 bits per heavy atom. The Morgan fingerprint density at radius 3 is 2.67 bits per heavy atom. The molecule has 0 saturated carbocycles. The molecular weight excluding hydrogens is 405 g/mol. The summed E-state index contributed by atoms with van der Waals surface area (Å²) in [5.41, 5.74) is 5.68. The molecule has 140 valence electrons. The fraction of sp³-hybridized carbons (Fsp3) is 0.500. The normalized spacial score (nSPS) is 25.9. The van der Waals surface area contributed by atoms with Crippen molar-refractivity contribution >= 4 is 51.7 Å². The molecule has 2 aliphatic rings. The average molecular weight is 421 g/mol. The summed E-state index contributed by atoms with van der Waals surface area (Å²) in [5, 5.41) is 18.9. The Hall–Kier alpha value is -1.34. The molecule has 3 rings (SSSR count). The quantitative estimate of drug-likeness (QED) is 0.209. The summed E-state index contributed by atoms with van der Waals surface area (Å²) in [6.45, 7) is 3.44. The van der Waals surface area contributed by atoms with Crippen LogP contribution in [0.5, 0.6) is 0 Å². The van der Waals surface area contributed by atoms with E-state index in [1.807, 2.05) is 0 Å². The van der Waals surface area contributed by atoms with Gasteiger partial charge in [-0.2, -0.15) is 0 Å². The number of nitrogens with one attached hydrogen (secondary N) is 1. The van der Waals surface area contributed by atoms with Crippen LogP contribution in [0.2, 0.25) is 0 Å². The summed E-state index contributed by atoms with van der Waals surface area (Å²) in [6.07, 6.45) is 0. The van der Waals surface area contributed by atoms with Crippen LogP contribution in [-0.4, -0.2) is 62.7 Å². The van der Waals surface area contributed by atoms with E-state index in [2.05, 4.69) is 20.3 Å². The third-order valence-corrected chi connectivity index (χ3v) is 6.36. The van der Waals surface area contributed by atoms with Crippen LogP contribution >= 0.6 is 23.1 Å². The van der Waals surface area contributed by atoms with Crippen LogP contribution in [0, 0.1) is 0 Å². The van der Waals surface area contributed by atoms with E-state index in [9.17, 15) is 19.5 Å². The zero-order valence-electron chi connectivity index (χ0n) is 15.1. The van der Waals surface area contributed by atoms with Gasteiger partial charge in [-0.15, -0.1) is 23.1 Å². The molecule has 0 aromatic carbocycles. The van der Waals surface area contributed by atoms with Gasteiger partial charge in [0.25, 0.3) is 5.91 Å². The minimum Gasteiger partial charge on any atom is -0.548 e. The first-order chi connectivity index (χ1) is 12.2. The minimum atomic E-state index is -1.32. The van der Waals surface area contributed by atoms with E-state index in [1.165, 1.54) is 23.8 Å². The number of aliphatic carboxylic acids is 1. The molecule has 3 heterocycles. The predicted molar refractivity (Wildman–Crippen MR) is 93.1 cm³/mol. The van der Waals surface area contributed by atoms with Gasteiger partial charge in [-0.05, 0) is 13.8 Å². The summed E-state index contributed by atoms with van der Waals surface area (Å²) >= 11 is 2.43. The molecule has 10 nitrogen and oxygen atoms in total. The number of nitrogens with two attached hydrogens (primary N) is 1. The third-order valence-electron chi connectivity index (χ3n) is 4.11. The number of hydrogen-bond donors (Lipinski definition) is 2.